The van der Waals surface area contributed by atoms with Gasteiger partial charge in [0.2, 0.25) is 0 Å². The van der Waals surface area contributed by atoms with Crippen molar-refractivity contribution >= 4 is 36.6 Å². The van der Waals surface area contributed by atoms with Gasteiger partial charge in [-0.05, 0) is 25.9 Å². The van der Waals surface area contributed by atoms with E-state index < -0.39 is 0 Å². The summed E-state index contributed by atoms with van der Waals surface area (Å²) in [5, 5.41) is 3.42. The van der Waals surface area contributed by atoms with Crippen LogP contribution < -0.4 is 5.32 Å². The van der Waals surface area contributed by atoms with E-state index >= 15 is 0 Å². The van der Waals surface area contributed by atoms with Gasteiger partial charge >= 0.3 is 0 Å². The van der Waals surface area contributed by atoms with Gasteiger partial charge < -0.3 is 5.32 Å². The summed E-state index contributed by atoms with van der Waals surface area (Å²) in [5.41, 5.74) is 0. The molecule has 0 aromatic carbocycles. The third-order valence-electron chi connectivity index (χ3n) is 2.87. The van der Waals surface area contributed by atoms with E-state index in [4.69, 9.17) is 0 Å². The van der Waals surface area contributed by atoms with Crippen LogP contribution in [-0.4, -0.2) is 48.6 Å². The second kappa shape index (κ2) is 8.05. The maximum Gasteiger partial charge on any atom is 0.0120 e. The van der Waals surface area contributed by atoms with Crippen molar-refractivity contribution in [1.29, 1.82) is 0 Å². The van der Waals surface area contributed by atoms with Crippen LogP contribution in [-0.2, 0) is 0 Å². The van der Waals surface area contributed by atoms with Crippen LogP contribution in [0.2, 0.25) is 0 Å². The van der Waals surface area contributed by atoms with Crippen molar-refractivity contribution in [2.45, 2.75) is 18.9 Å². The fraction of sp³-hybridized carbons (Fsp3) is 1.00. The molecule has 2 fully saturated rings. The largest absolute Gasteiger partial charge is 0.317 e. The van der Waals surface area contributed by atoms with Gasteiger partial charge in [0.25, 0.3) is 0 Å². The first-order chi connectivity index (χ1) is 5.97. The van der Waals surface area contributed by atoms with Gasteiger partial charge in [0, 0.05) is 30.6 Å². The van der Waals surface area contributed by atoms with Crippen LogP contribution in [0.15, 0.2) is 0 Å². The van der Waals surface area contributed by atoms with Crippen LogP contribution in [0, 0.1) is 0 Å². The smallest absolute Gasteiger partial charge is 0.0120 e. The average Bonchev–Trinajstić information content (AvgIpc) is 2.21. The minimum absolute atomic E-state index is 0. The van der Waals surface area contributed by atoms with Crippen molar-refractivity contribution in [3.63, 3.8) is 0 Å². The summed E-state index contributed by atoms with van der Waals surface area (Å²) in [5.74, 6) is 2.70. The Morgan fingerprint density at radius 2 is 1.57 bits per heavy atom. The van der Waals surface area contributed by atoms with E-state index in [2.05, 4.69) is 22.0 Å². The Hall–Kier alpha value is 0.850. The molecule has 0 aliphatic carbocycles. The molecule has 0 aromatic rings. The van der Waals surface area contributed by atoms with Gasteiger partial charge in [0.05, 0.1) is 0 Å². The van der Waals surface area contributed by atoms with Crippen molar-refractivity contribution in [1.82, 2.24) is 10.2 Å². The van der Waals surface area contributed by atoms with Crippen LogP contribution in [0.4, 0.5) is 0 Å². The molecule has 0 spiro atoms. The van der Waals surface area contributed by atoms with Gasteiger partial charge in [-0.15, -0.1) is 24.8 Å². The van der Waals surface area contributed by atoms with E-state index in [0.717, 1.165) is 6.04 Å². The lowest BCUT2D eigenvalue weighted by Crippen LogP contribution is -2.46. The first-order valence-electron chi connectivity index (χ1n) is 4.99. The summed E-state index contributed by atoms with van der Waals surface area (Å²) in [6.45, 7) is 5.12. The highest BCUT2D eigenvalue weighted by atomic mass is 35.5. The molecule has 2 heterocycles. The van der Waals surface area contributed by atoms with Crippen molar-refractivity contribution in [2.75, 3.05) is 37.7 Å². The maximum absolute atomic E-state index is 3.42. The van der Waals surface area contributed by atoms with Crippen molar-refractivity contribution in [2.24, 2.45) is 0 Å². The van der Waals surface area contributed by atoms with Gasteiger partial charge in [-0.3, -0.25) is 4.90 Å². The lowest BCUT2D eigenvalue weighted by Gasteiger charge is -2.36. The molecule has 14 heavy (non-hydrogen) atoms. The molecule has 0 bridgehead atoms. The summed E-state index contributed by atoms with van der Waals surface area (Å²) < 4.78 is 0. The second-order valence-electron chi connectivity index (χ2n) is 3.63. The quantitative estimate of drug-likeness (QED) is 0.770. The summed E-state index contributed by atoms with van der Waals surface area (Å²) in [6, 6.07) is 0.896. The van der Waals surface area contributed by atoms with Gasteiger partial charge in [0.15, 0.2) is 0 Å². The van der Waals surface area contributed by atoms with Gasteiger partial charge in [-0.25, -0.2) is 0 Å². The Kier molecular flexibility index (Phi) is 8.54. The monoisotopic (exact) mass is 258 g/mol. The number of rotatable bonds is 1. The minimum atomic E-state index is 0. The summed E-state index contributed by atoms with van der Waals surface area (Å²) in [7, 11) is 0. The zero-order valence-corrected chi connectivity index (χ0v) is 10.9. The highest BCUT2D eigenvalue weighted by Crippen LogP contribution is 2.17. The molecular weight excluding hydrogens is 239 g/mol. The molecule has 2 aliphatic rings. The number of nitrogens with zero attached hydrogens (tertiary/aromatic N) is 1. The average molecular weight is 259 g/mol. The van der Waals surface area contributed by atoms with E-state index in [9.17, 15) is 0 Å². The third-order valence-corrected chi connectivity index (χ3v) is 3.81. The number of piperidine rings is 1. The van der Waals surface area contributed by atoms with Gasteiger partial charge in [0.1, 0.15) is 0 Å². The van der Waals surface area contributed by atoms with Crippen molar-refractivity contribution in [3.8, 4) is 0 Å². The van der Waals surface area contributed by atoms with E-state index in [-0.39, 0.29) is 24.8 Å². The van der Waals surface area contributed by atoms with Crippen molar-refractivity contribution < 1.29 is 0 Å². The fourth-order valence-electron chi connectivity index (χ4n) is 2.11. The zero-order chi connectivity index (χ0) is 8.23. The second-order valence-corrected chi connectivity index (χ2v) is 4.85. The van der Waals surface area contributed by atoms with Crippen LogP contribution in [0.3, 0.4) is 0 Å². The summed E-state index contributed by atoms with van der Waals surface area (Å²) in [6.07, 6.45) is 2.73. The standard InChI is InChI=1S/C9H18N2S.2ClH/c1-3-10-4-2-9(1)11-5-7-12-8-6-11;;/h9-10H,1-8H2;2*1H. The topological polar surface area (TPSA) is 15.3 Å². The zero-order valence-electron chi connectivity index (χ0n) is 8.41. The van der Waals surface area contributed by atoms with E-state index in [0.29, 0.717) is 0 Å². The number of hydrogen-bond donors (Lipinski definition) is 1. The van der Waals surface area contributed by atoms with E-state index in [1.807, 2.05) is 0 Å². The predicted molar refractivity (Wildman–Crippen MR) is 69.3 cm³/mol. The Bertz CT molecular complexity index is 121. The molecule has 2 rings (SSSR count). The fourth-order valence-corrected chi connectivity index (χ4v) is 3.05. The van der Waals surface area contributed by atoms with E-state index in [1.165, 1.54) is 50.5 Å². The number of thioether (sulfide) groups is 1. The van der Waals surface area contributed by atoms with Gasteiger partial charge in [-0.2, -0.15) is 11.8 Å². The molecule has 2 saturated heterocycles. The Morgan fingerprint density at radius 1 is 1.00 bits per heavy atom. The normalized spacial score (nSPS) is 24.9. The van der Waals surface area contributed by atoms with Crippen LogP contribution in [0.25, 0.3) is 0 Å². The molecule has 0 radical (unpaired) electrons. The first kappa shape index (κ1) is 14.8. The van der Waals surface area contributed by atoms with Crippen LogP contribution >= 0.6 is 36.6 Å². The number of hydrogen-bond acceptors (Lipinski definition) is 3. The summed E-state index contributed by atoms with van der Waals surface area (Å²) in [4.78, 5) is 2.69. The maximum atomic E-state index is 3.42. The first-order valence-corrected chi connectivity index (χ1v) is 6.15. The molecule has 86 valence electrons. The molecule has 0 saturated carbocycles. The van der Waals surface area contributed by atoms with Gasteiger partial charge in [-0.1, -0.05) is 0 Å². The molecule has 1 N–H and O–H groups in total. The van der Waals surface area contributed by atoms with Crippen molar-refractivity contribution in [3.05, 3.63) is 0 Å². The molecule has 0 unspecified atom stereocenters. The van der Waals surface area contributed by atoms with Crippen LogP contribution in [0.1, 0.15) is 12.8 Å². The third kappa shape index (κ3) is 4.15. The highest BCUT2D eigenvalue weighted by molar-refractivity contribution is 7.99. The predicted octanol–water partition coefficient (Wildman–Crippen LogP) is 1.63. The molecule has 0 atom stereocenters. The Balaban J connectivity index is 0.000000845. The lowest BCUT2D eigenvalue weighted by atomic mass is 10.1. The summed E-state index contributed by atoms with van der Waals surface area (Å²) >= 11 is 2.11. The lowest BCUT2D eigenvalue weighted by molar-refractivity contribution is 0.178. The highest BCUT2D eigenvalue weighted by Gasteiger charge is 2.21. The van der Waals surface area contributed by atoms with E-state index in [1.54, 1.807) is 0 Å². The molecular formula is C9H20Cl2N2S. The number of halogens is 2. The molecule has 0 aromatic heterocycles. The Labute approximate surface area is 103 Å². The number of nitrogens with one attached hydrogen (secondary N) is 1. The molecule has 5 heteroatoms. The molecule has 0 amide bonds. The molecule has 2 aliphatic heterocycles. The van der Waals surface area contributed by atoms with Crippen LogP contribution in [0.5, 0.6) is 0 Å². The SMILES string of the molecule is C1CC(N2CCSCC2)CCN1.Cl.Cl. The molecule has 2 nitrogen and oxygen atoms in total. The minimum Gasteiger partial charge on any atom is -0.317 e. The Morgan fingerprint density at radius 3 is 2.14 bits per heavy atom.